The normalized spacial score (nSPS) is 11.9. The molecular formula is C14H24FN3O2S. The number of aryl methyl sites for hydroxylation is 1. The zero-order valence-corrected chi connectivity index (χ0v) is 13.6. The summed E-state index contributed by atoms with van der Waals surface area (Å²) in [5, 5.41) is 3.22. The van der Waals surface area contributed by atoms with Crippen LogP contribution in [0.3, 0.4) is 0 Å². The molecule has 0 radical (unpaired) electrons. The van der Waals surface area contributed by atoms with Gasteiger partial charge in [0, 0.05) is 13.6 Å². The van der Waals surface area contributed by atoms with Crippen molar-refractivity contribution in [2.24, 2.45) is 0 Å². The molecule has 21 heavy (non-hydrogen) atoms. The lowest BCUT2D eigenvalue weighted by molar-refractivity contribution is 0.458. The van der Waals surface area contributed by atoms with Crippen LogP contribution in [0.1, 0.15) is 25.3 Å². The lowest BCUT2D eigenvalue weighted by atomic mass is 10.2. The van der Waals surface area contributed by atoms with Gasteiger partial charge in [0.2, 0.25) is 0 Å². The molecule has 0 aromatic heterocycles. The fourth-order valence-corrected chi connectivity index (χ4v) is 2.84. The highest BCUT2D eigenvalue weighted by molar-refractivity contribution is 7.90. The predicted octanol–water partition coefficient (Wildman–Crippen LogP) is 2.11. The lowest BCUT2D eigenvalue weighted by Gasteiger charge is -2.19. The molecule has 7 heteroatoms. The summed E-state index contributed by atoms with van der Waals surface area (Å²) in [5.41, 5.74) is 0.948. The van der Waals surface area contributed by atoms with Gasteiger partial charge in [0.25, 0.3) is 0 Å². The molecule has 0 amide bonds. The third kappa shape index (κ3) is 5.99. The van der Waals surface area contributed by atoms with E-state index in [9.17, 15) is 12.8 Å². The molecule has 0 aliphatic rings. The summed E-state index contributed by atoms with van der Waals surface area (Å²) >= 11 is 0. The van der Waals surface area contributed by atoms with Gasteiger partial charge in [0.1, 0.15) is 5.82 Å². The Balaban J connectivity index is 2.55. The highest BCUT2D eigenvalue weighted by Gasteiger charge is 2.17. The van der Waals surface area contributed by atoms with E-state index in [2.05, 4.69) is 17.0 Å². The van der Waals surface area contributed by atoms with Crippen molar-refractivity contribution in [2.45, 2.75) is 26.7 Å². The minimum absolute atomic E-state index is 0.384. The first-order valence-electron chi connectivity index (χ1n) is 7.07. The Hall–Kier alpha value is -1.18. The number of benzene rings is 1. The first-order chi connectivity index (χ1) is 9.86. The monoisotopic (exact) mass is 317 g/mol. The van der Waals surface area contributed by atoms with Crippen molar-refractivity contribution in [1.82, 2.24) is 9.62 Å². The van der Waals surface area contributed by atoms with Crippen LogP contribution in [0.2, 0.25) is 0 Å². The molecular weight excluding hydrogens is 293 g/mol. The average Bonchev–Trinajstić information content (AvgIpc) is 2.41. The van der Waals surface area contributed by atoms with E-state index in [1.165, 1.54) is 29.6 Å². The second-order valence-electron chi connectivity index (χ2n) is 4.99. The molecule has 1 aromatic rings. The molecule has 0 fully saturated rings. The number of nitrogens with zero attached hydrogens (tertiary/aromatic N) is 1. The van der Waals surface area contributed by atoms with E-state index in [-0.39, 0.29) is 5.82 Å². The Kier molecular flexibility index (Phi) is 7.07. The van der Waals surface area contributed by atoms with Gasteiger partial charge in [0.15, 0.2) is 0 Å². The summed E-state index contributed by atoms with van der Waals surface area (Å²) in [7, 11) is -2.08. The zero-order valence-electron chi connectivity index (χ0n) is 12.8. The Morgan fingerprint density at radius 3 is 2.62 bits per heavy atom. The maximum Gasteiger partial charge on any atom is 0.301 e. The SMILES string of the molecule is CCCNCCCN(C)S(=O)(=O)Nc1ccc(F)cc1C. The standard InChI is InChI=1S/C14H24FN3O2S/c1-4-8-16-9-5-10-18(3)21(19,20)17-14-7-6-13(15)11-12(14)2/h6-7,11,16-17H,4-5,8-10H2,1-3H3. The van der Waals surface area contributed by atoms with E-state index in [4.69, 9.17) is 0 Å². The molecule has 0 bridgehead atoms. The van der Waals surface area contributed by atoms with Crippen molar-refractivity contribution in [3.8, 4) is 0 Å². The maximum atomic E-state index is 13.0. The number of hydrogen-bond donors (Lipinski definition) is 2. The summed E-state index contributed by atoms with van der Waals surface area (Å²) in [5.74, 6) is -0.384. The van der Waals surface area contributed by atoms with Crippen LogP contribution in [-0.4, -0.2) is 39.4 Å². The average molecular weight is 317 g/mol. The van der Waals surface area contributed by atoms with Gasteiger partial charge < -0.3 is 5.32 Å². The van der Waals surface area contributed by atoms with Gasteiger partial charge in [-0.25, -0.2) is 4.39 Å². The molecule has 0 unspecified atom stereocenters. The Morgan fingerprint density at radius 1 is 1.29 bits per heavy atom. The molecule has 0 aliphatic heterocycles. The van der Waals surface area contributed by atoms with Crippen LogP contribution in [0, 0.1) is 12.7 Å². The molecule has 0 spiro atoms. The van der Waals surface area contributed by atoms with Crippen molar-refractivity contribution in [3.05, 3.63) is 29.6 Å². The minimum Gasteiger partial charge on any atom is -0.317 e. The molecule has 0 aliphatic carbocycles. The van der Waals surface area contributed by atoms with Crippen LogP contribution in [0.4, 0.5) is 10.1 Å². The summed E-state index contributed by atoms with van der Waals surface area (Å²) < 4.78 is 41.1. The second kappa shape index (κ2) is 8.31. The van der Waals surface area contributed by atoms with Crippen LogP contribution in [0.5, 0.6) is 0 Å². The van der Waals surface area contributed by atoms with Gasteiger partial charge in [-0.15, -0.1) is 0 Å². The maximum absolute atomic E-state index is 13.0. The third-order valence-corrected chi connectivity index (χ3v) is 4.57. The summed E-state index contributed by atoms with van der Waals surface area (Å²) in [6.07, 6.45) is 1.79. The molecule has 1 aromatic carbocycles. The number of hydrogen-bond acceptors (Lipinski definition) is 3. The van der Waals surface area contributed by atoms with Crippen LogP contribution < -0.4 is 10.0 Å². The molecule has 0 heterocycles. The molecule has 2 N–H and O–H groups in total. The number of anilines is 1. The summed E-state index contributed by atoms with van der Waals surface area (Å²) in [6.45, 7) is 5.88. The molecule has 1 rings (SSSR count). The Labute approximate surface area is 126 Å². The van der Waals surface area contributed by atoms with Crippen molar-refractivity contribution >= 4 is 15.9 Å². The largest absolute Gasteiger partial charge is 0.317 e. The molecule has 0 saturated heterocycles. The predicted molar refractivity (Wildman–Crippen MR) is 84.1 cm³/mol. The quantitative estimate of drug-likeness (QED) is 0.686. The lowest BCUT2D eigenvalue weighted by Crippen LogP contribution is -2.34. The molecule has 120 valence electrons. The Bertz CT molecular complexity index is 549. The van der Waals surface area contributed by atoms with Crippen LogP contribution in [0.25, 0.3) is 0 Å². The van der Waals surface area contributed by atoms with E-state index >= 15 is 0 Å². The zero-order chi connectivity index (χ0) is 15.9. The van der Waals surface area contributed by atoms with Crippen molar-refractivity contribution in [2.75, 3.05) is 31.4 Å². The third-order valence-electron chi connectivity index (χ3n) is 3.09. The first-order valence-corrected chi connectivity index (χ1v) is 8.51. The smallest absolute Gasteiger partial charge is 0.301 e. The highest BCUT2D eigenvalue weighted by Crippen LogP contribution is 2.17. The second-order valence-corrected chi connectivity index (χ2v) is 6.77. The number of nitrogens with one attached hydrogen (secondary N) is 2. The molecule has 5 nitrogen and oxygen atoms in total. The number of rotatable bonds is 9. The van der Waals surface area contributed by atoms with Crippen molar-refractivity contribution in [1.29, 1.82) is 0 Å². The fraction of sp³-hybridized carbons (Fsp3) is 0.571. The van der Waals surface area contributed by atoms with Gasteiger partial charge in [0.05, 0.1) is 5.69 Å². The van der Waals surface area contributed by atoms with E-state index in [1.807, 2.05) is 0 Å². The van der Waals surface area contributed by atoms with Gasteiger partial charge in [-0.1, -0.05) is 6.92 Å². The number of halogens is 1. The van der Waals surface area contributed by atoms with Crippen LogP contribution in [-0.2, 0) is 10.2 Å². The topological polar surface area (TPSA) is 61.4 Å². The van der Waals surface area contributed by atoms with Crippen LogP contribution >= 0.6 is 0 Å². The van der Waals surface area contributed by atoms with Gasteiger partial charge in [-0.2, -0.15) is 12.7 Å². The Morgan fingerprint density at radius 2 is 2.00 bits per heavy atom. The first kappa shape index (κ1) is 17.9. The molecule has 0 saturated carbocycles. The fourth-order valence-electron chi connectivity index (χ4n) is 1.81. The van der Waals surface area contributed by atoms with E-state index in [1.54, 1.807) is 6.92 Å². The van der Waals surface area contributed by atoms with Crippen LogP contribution in [0.15, 0.2) is 18.2 Å². The van der Waals surface area contributed by atoms with Crippen molar-refractivity contribution in [3.63, 3.8) is 0 Å². The highest BCUT2D eigenvalue weighted by atomic mass is 32.2. The van der Waals surface area contributed by atoms with Crippen molar-refractivity contribution < 1.29 is 12.8 Å². The van der Waals surface area contributed by atoms with Gasteiger partial charge in [-0.3, -0.25) is 4.72 Å². The molecule has 0 atom stereocenters. The summed E-state index contributed by atoms with van der Waals surface area (Å²) in [6, 6.07) is 3.96. The summed E-state index contributed by atoms with van der Waals surface area (Å²) in [4.78, 5) is 0. The van der Waals surface area contributed by atoms with Gasteiger partial charge in [-0.05, 0) is 56.6 Å². The van der Waals surface area contributed by atoms with E-state index in [0.29, 0.717) is 17.8 Å². The minimum atomic E-state index is -3.61. The van der Waals surface area contributed by atoms with Gasteiger partial charge >= 0.3 is 10.2 Å². The van der Waals surface area contributed by atoms with E-state index in [0.717, 1.165) is 25.9 Å². The van der Waals surface area contributed by atoms with E-state index < -0.39 is 10.2 Å².